The Balaban J connectivity index is 2.75. The molecule has 0 aromatic heterocycles. The van der Waals surface area contributed by atoms with E-state index in [1.807, 2.05) is 13.0 Å². The van der Waals surface area contributed by atoms with Crippen LogP contribution in [0.5, 0.6) is 5.75 Å². The van der Waals surface area contributed by atoms with Crippen LogP contribution in [0.4, 0.5) is 0 Å². The van der Waals surface area contributed by atoms with Crippen molar-refractivity contribution in [1.29, 1.82) is 0 Å². The second kappa shape index (κ2) is 3.94. The molecule has 0 spiro atoms. The highest BCUT2D eigenvalue weighted by molar-refractivity contribution is 5.72. The molecule has 1 amide bonds. The number of carbonyl (C=O) groups is 1. The van der Waals surface area contributed by atoms with Gasteiger partial charge >= 0.3 is 0 Å². The fraction of sp³-hybridized carbons (Fsp3) is 0.300. The average Bonchev–Trinajstić information content (AvgIpc) is 2.06. The van der Waals surface area contributed by atoms with Gasteiger partial charge in [0.15, 0.2) is 0 Å². The van der Waals surface area contributed by atoms with Gasteiger partial charge in [-0.25, -0.2) is 0 Å². The second-order valence-corrected chi connectivity index (χ2v) is 3.02. The lowest BCUT2D eigenvalue weighted by molar-refractivity contribution is -0.119. The Morgan fingerprint density at radius 1 is 1.54 bits per heavy atom. The first-order valence-corrected chi connectivity index (χ1v) is 4.12. The molecule has 2 N–H and O–H groups in total. The van der Waals surface area contributed by atoms with E-state index in [0.717, 1.165) is 11.1 Å². The predicted octanol–water partition coefficient (Wildman–Crippen LogP) is 1.34. The fourth-order valence-corrected chi connectivity index (χ4v) is 1.07. The van der Waals surface area contributed by atoms with Crippen molar-refractivity contribution in [3.05, 3.63) is 29.3 Å². The highest BCUT2D eigenvalue weighted by Crippen LogP contribution is 2.15. The SMILES string of the molecule is CC(=O)NCc1cc(O)ccc1C. The molecule has 0 radical (unpaired) electrons. The minimum Gasteiger partial charge on any atom is -0.508 e. The minimum absolute atomic E-state index is 0.0669. The Labute approximate surface area is 77.4 Å². The molecule has 0 heterocycles. The summed E-state index contributed by atoms with van der Waals surface area (Å²) in [5, 5.41) is 11.9. The maximum atomic E-state index is 10.6. The maximum absolute atomic E-state index is 10.6. The molecule has 0 aliphatic carbocycles. The predicted molar refractivity (Wildman–Crippen MR) is 50.4 cm³/mol. The third-order valence-corrected chi connectivity index (χ3v) is 1.86. The third-order valence-electron chi connectivity index (χ3n) is 1.86. The summed E-state index contributed by atoms with van der Waals surface area (Å²) >= 11 is 0. The van der Waals surface area contributed by atoms with E-state index < -0.39 is 0 Å². The van der Waals surface area contributed by atoms with Crippen molar-refractivity contribution < 1.29 is 9.90 Å². The van der Waals surface area contributed by atoms with Crippen LogP contribution in [0.1, 0.15) is 18.1 Å². The number of benzene rings is 1. The number of carbonyl (C=O) groups excluding carboxylic acids is 1. The van der Waals surface area contributed by atoms with Crippen LogP contribution < -0.4 is 5.32 Å². The van der Waals surface area contributed by atoms with Crippen molar-refractivity contribution in [2.45, 2.75) is 20.4 Å². The third kappa shape index (κ3) is 2.78. The van der Waals surface area contributed by atoms with Gasteiger partial charge in [-0.3, -0.25) is 4.79 Å². The number of aryl methyl sites for hydroxylation is 1. The van der Waals surface area contributed by atoms with Gasteiger partial charge in [0.1, 0.15) is 5.75 Å². The number of amides is 1. The number of hydrogen-bond donors (Lipinski definition) is 2. The number of aromatic hydroxyl groups is 1. The molecule has 0 bridgehead atoms. The van der Waals surface area contributed by atoms with Gasteiger partial charge in [-0.2, -0.15) is 0 Å². The van der Waals surface area contributed by atoms with Crippen molar-refractivity contribution in [2.24, 2.45) is 0 Å². The van der Waals surface area contributed by atoms with Crippen molar-refractivity contribution in [3.8, 4) is 5.75 Å². The molecule has 0 saturated heterocycles. The molecule has 0 unspecified atom stereocenters. The van der Waals surface area contributed by atoms with Crippen LogP contribution in [0.15, 0.2) is 18.2 Å². The zero-order valence-electron chi connectivity index (χ0n) is 7.79. The van der Waals surface area contributed by atoms with Gasteiger partial charge in [0.25, 0.3) is 0 Å². The van der Waals surface area contributed by atoms with E-state index in [9.17, 15) is 9.90 Å². The monoisotopic (exact) mass is 179 g/mol. The first kappa shape index (κ1) is 9.58. The molecule has 0 aliphatic rings. The van der Waals surface area contributed by atoms with Crippen molar-refractivity contribution in [3.63, 3.8) is 0 Å². The molecule has 1 aromatic carbocycles. The fourth-order valence-electron chi connectivity index (χ4n) is 1.07. The highest BCUT2D eigenvalue weighted by atomic mass is 16.3. The number of rotatable bonds is 2. The Hall–Kier alpha value is -1.51. The molecular weight excluding hydrogens is 166 g/mol. The number of phenolic OH excluding ortho intramolecular Hbond substituents is 1. The van der Waals surface area contributed by atoms with Gasteiger partial charge in [-0.1, -0.05) is 6.07 Å². The van der Waals surface area contributed by atoms with E-state index in [-0.39, 0.29) is 11.7 Å². The van der Waals surface area contributed by atoms with Crippen molar-refractivity contribution in [2.75, 3.05) is 0 Å². The number of hydrogen-bond acceptors (Lipinski definition) is 2. The van der Waals surface area contributed by atoms with Gasteiger partial charge in [0.2, 0.25) is 5.91 Å². The summed E-state index contributed by atoms with van der Waals surface area (Å²) in [4.78, 5) is 10.6. The van der Waals surface area contributed by atoms with Gasteiger partial charge in [0, 0.05) is 13.5 Å². The quantitative estimate of drug-likeness (QED) is 0.719. The molecule has 0 atom stereocenters. The summed E-state index contributed by atoms with van der Waals surface area (Å²) < 4.78 is 0. The molecule has 3 nitrogen and oxygen atoms in total. The summed E-state index contributed by atoms with van der Waals surface area (Å²) in [5.41, 5.74) is 2.00. The number of nitrogens with one attached hydrogen (secondary N) is 1. The molecule has 0 aliphatic heterocycles. The molecule has 3 heteroatoms. The molecular formula is C10H13NO2. The Morgan fingerprint density at radius 3 is 2.85 bits per heavy atom. The molecule has 1 aromatic rings. The molecule has 1 rings (SSSR count). The van der Waals surface area contributed by atoms with Crippen LogP contribution in [0.2, 0.25) is 0 Å². The summed E-state index contributed by atoms with van der Waals surface area (Å²) in [6.07, 6.45) is 0. The van der Waals surface area contributed by atoms with E-state index in [4.69, 9.17) is 0 Å². The van der Waals surface area contributed by atoms with E-state index in [1.165, 1.54) is 6.92 Å². The Morgan fingerprint density at radius 2 is 2.23 bits per heavy atom. The van der Waals surface area contributed by atoms with Crippen LogP contribution >= 0.6 is 0 Å². The van der Waals surface area contributed by atoms with Crippen LogP contribution in [-0.4, -0.2) is 11.0 Å². The van der Waals surface area contributed by atoms with Gasteiger partial charge in [0.05, 0.1) is 0 Å². The van der Waals surface area contributed by atoms with Gasteiger partial charge < -0.3 is 10.4 Å². The van der Waals surface area contributed by atoms with Crippen molar-refractivity contribution in [1.82, 2.24) is 5.32 Å². The van der Waals surface area contributed by atoms with Crippen LogP contribution in [0.25, 0.3) is 0 Å². The molecule has 0 saturated carbocycles. The zero-order valence-corrected chi connectivity index (χ0v) is 7.79. The topological polar surface area (TPSA) is 49.3 Å². The lowest BCUT2D eigenvalue weighted by atomic mass is 10.1. The second-order valence-electron chi connectivity index (χ2n) is 3.02. The lowest BCUT2D eigenvalue weighted by Crippen LogP contribution is -2.19. The molecule has 13 heavy (non-hydrogen) atoms. The average molecular weight is 179 g/mol. The van der Waals surface area contributed by atoms with Gasteiger partial charge in [-0.05, 0) is 30.2 Å². The summed E-state index contributed by atoms with van der Waals surface area (Å²) in [6, 6.07) is 5.12. The maximum Gasteiger partial charge on any atom is 0.217 e. The van der Waals surface area contributed by atoms with Crippen LogP contribution in [-0.2, 0) is 11.3 Å². The van der Waals surface area contributed by atoms with E-state index in [2.05, 4.69) is 5.32 Å². The largest absolute Gasteiger partial charge is 0.508 e. The molecule has 70 valence electrons. The summed E-state index contributed by atoms with van der Waals surface area (Å²) in [6.45, 7) is 3.88. The summed E-state index contributed by atoms with van der Waals surface area (Å²) in [5.74, 6) is 0.161. The summed E-state index contributed by atoms with van der Waals surface area (Å²) in [7, 11) is 0. The lowest BCUT2D eigenvalue weighted by Gasteiger charge is -2.06. The highest BCUT2D eigenvalue weighted by Gasteiger charge is 1.99. The Bertz CT molecular complexity index is 321. The van der Waals surface area contributed by atoms with E-state index in [1.54, 1.807) is 12.1 Å². The zero-order chi connectivity index (χ0) is 9.84. The normalized spacial score (nSPS) is 9.69. The van der Waals surface area contributed by atoms with Gasteiger partial charge in [-0.15, -0.1) is 0 Å². The van der Waals surface area contributed by atoms with E-state index in [0.29, 0.717) is 6.54 Å². The van der Waals surface area contributed by atoms with Crippen LogP contribution in [0, 0.1) is 6.92 Å². The minimum atomic E-state index is -0.0669. The first-order chi connectivity index (χ1) is 6.09. The van der Waals surface area contributed by atoms with Crippen LogP contribution in [0.3, 0.4) is 0 Å². The first-order valence-electron chi connectivity index (χ1n) is 4.12. The number of phenols is 1. The smallest absolute Gasteiger partial charge is 0.217 e. The standard InChI is InChI=1S/C10H13NO2/c1-7-3-4-10(13)5-9(7)6-11-8(2)12/h3-5,13H,6H2,1-2H3,(H,11,12). The van der Waals surface area contributed by atoms with E-state index >= 15 is 0 Å². The van der Waals surface area contributed by atoms with Crippen molar-refractivity contribution >= 4 is 5.91 Å². The molecule has 0 fully saturated rings. The Kier molecular flexibility index (Phi) is 2.90.